The van der Waals surface area contributed by atoms with Crippen LogP contribution in [-0.2, 0) is 4.74 Å². The molecule has 0 radical (unpaired) electrons. The van der Waals surface area contributed by atoms with E-state index >= 15 is 0 Å². The van der Waals surface area contributed by atoms with Crippen molar-refractivity contribution in [3.63, 3.8) is 0 Å². The molecule has 70 valence electrons. The molecule has 2 unspecified atom stereocenters. The third-order valence-electron chi connectivity index (χ3n) is 2.10. The lowest BCUT2D eigenvalue weighted by atomic mass is 10.3. The summed E-state index contributed by atoms with van der Waals surface area (Å²) in [4.78, 5) is 0. The molecule has 1 saturated heterocycles. The maximum atomic E-state index is 5.45. The van der Waals surface area contributed by atoms with Crippen molar-refractivity contribution in [3.05, 3.63) is 12.2 Å². The quantitative estimate of drug-likeness (QED) is 0.676. The summed E-state index contributed by atoms with van der Waals surface area (Å²) in [5, 5.41) is 0.647. The van der Waals surface area contributed by atoms with Gasteiger partial charge < -0.3 is 10.5 Å². The van der Waals surface area contributed by atoms with Gasteiger partial charge in [0, 0.05) is 24.2 Å². The third kappa shape index (κ3) is 2.81. The van der Waals surface area contributed by atoms with Gasteiger partial charge in [-0.3, -0.25) is 0 Å². The molecule has 0 aromatic heterocycles. The zero-order valence-corrected chi connectivity index (χ0v) is 8.40. The highest BCUT2D eigenvalue weighted by Gasteiger charge is 2.24. The summed E-state index contributed by atoms with van der Waals surface area (Å²) in [5.74, 6) is 0.981. The van der Waals surface area contributed by atoms with E-state index in [0.29, 0.717) is 17.9 Å². The van der Waals surface area contributed by atoms with Gasteiger partial charge in [-0.25, -0.2) is 0 Å². The van der Waals surface area contributed by atoms with E-state index in [1.54, 1.807) is 0 Å². The average molecular weight is 187 g/mol. The van der Waals surface area contributed by atoms with Crippen LogP contribution in [0.3, 0.4) is 0 Å². The molecule has 0 spiro atoms. The zero-order valence-electron chi connectivity index (χ0n) is 7.58. The van der Waals surface area contributed by atoms with Gasteiger partial charge in [-0.05, 0) is 13.3 Å². The smallest absolute Gasteiger partial charge is 0.0666 e. The lowest BCUT2D eigenvalue weighted by Crippen LogP contribution is -2.15. The van der Waals surface area contributed by atoms with Crippen molar-refractivity contribution in [3.8, 4) is 0 Å². The molecule has 1 rings (SSSR count). The summed E-state index contributed by atoms with van der Waals surface area (Å²) in [7, 11) is 0. The molecule has 1 aliphatic heterocycles. The van der Waals surface area contributed by atoms with Crippen LogP contribution in [-0.4, -0.2) is 30.3 Å². The first-order valence-electron chi connectivity index (χ1n) is 4.34. The Hall–Kier alpha value is 0.01000. The van der Waals surface area contributed by atoms with E-state index in [2.05, 4.69) is 13.5 Å². The first-order valence-corrected chi connectivity index (χ1v) is 5.39. The van der Waals surface area contributed by atoms with Crippen LogP contribution in [0.2, 0.25) is 0 Å². The van der Waals surface area contributed by atoms with Crippen LogP contribution in [0.1, 0.15) is 13.3 Å². The molecule has 0 saturated carbocycles. The molecule has 2 atom stereocenters. The molecule has 1 aliphatic rings. The number of nitrogens with two attached hydrogens (primary N) is 1. The topological polar surface area (TPSA) is 35.2 Å². The van der Waals surface area contributed by atoms with Crippen molar-refractivity contribution in [2.24, 2.45) is 5.73 Å². The predicted molar refractivity (Wildman–Crippen MR) is 54.5 cm³/mol. The second-order valence-electron chi connectivity index (χ2n) is 3.17. The van der Waals surface area contributed by atoms with Crippen molar-refractivity contribution in [2.45, 2.75) is 24.7 Å². The summed E-state index contributed by atoms with van der Waals surface area (Å²) in [6.07, 6.45) is 1.57. The van der Waals surface area contributed by atoms with Gasteiger partial charge in [-0.15, -0.1) is 0 Å². The summed E-state index contributed by atoms with van der Waals surface area (Å²) in [6.45, 7) is 7.52. The Balaban J connectivity index is 2.18. The van der Waals surface area contributed by atoms with Gasteiger partial charge in [-0.2, -0.15) is 11.8 Å². The van der Waals surface area contributed by atoms with Gasteiger partial charge in [0.25, 0.3) is 0 Å². The molecule has 12 heavy (non-hydrogen) atoms. The predicted octanol–water partition coefficient (Wildman–Crippen LogP) is 1.41. The molecular weight excluding hydrogens is 170 g/mol. The Morgan fingerprint density at radius 2 is 2.50 bits per heavy atom. The van der Waals surface area contributed by atoms with Gasteiger partial charge in [0.2, 0.25) is 0 Å². The summed E-state index contributed by atoms with van der Waals surface area (Å²) >= 11 is 1.92. The number of thioether (sulfide) groups is 1. The Kier molecular flexibility index (Phi) is 4.12. The second kappa shape index (κ2) is 4.90. The first-order chi connectivity index (χ1) is 5.74. The Labute approximate surface area is 78.5 Å². The molecule has 1 heterocycles. The molecule has 2 N–H and O–H groups in total. The lowest BCUT2D eigenvalue weighted by molar-refractivity contribution is 0.127. The van der Waals surface area contributed by atoms with Crippen molar-refractivity contribution in [2.75, 3.05) is 18.9 Å². The molecule has 0 aromatic rings. The highest BCUT2D eigenvalue weighted by atomic mass is 32.2. The largest absolute Gasteiger partial charge is 0.377 e. The zero-order chi connectivity index (χ0) is 8.97. The monoisotopic (exact) mass is 187 g/mol. The molecule has 0 bridgehead atoms. The number of hydrogen-bond acceptors (Lipinski definition) is 3. The Morgan fingerprint density at radius 1 is 1.75 bits per heavy atom. The van der Waals surface area contributed by atoms with Crippen LogP contribution >= 0.6 is 11.8 Å². The molecule has 1 fully saturated rings. The SMILES string of the molecule is C=C(CN)CSC1CCOC1C. The van der Waals surface area contributed by atoms with E-state index in [1.807, 2.05) is 11.8 Å². The lowest BCUT2D eigenvalue weighted by Gasteiger charge is -2.13. The van der Waals surface area contributed by atoms with Crippen LogP contribution in [0, 0.1) is 0 Å². The van der Waals surface area contributed by atoms with Gasteiger partial charge in [0.1, 0.15) is 0 Å². The van der Waals surface area contributed by atoms with Crippen LogP contribution in [0.25, 0.3) is 0 Å². The van der Waals surface area contributed by atoms with Crippen LogP contribution in [0.4, 0.5) is 0 Å². The Morgan fingerprint density at radius 3 is 3.00 bits per heavy atom. The first kappa shape index (κ1) is 10.1. The summed E-state index contributed by atoms with van der Waals surface area (Å²) in [5.41, 5.74) is 6.57. The molecular formula is C9H17NOS. The fourth-order valence-electron chi connectivity index (χ4n) is 1.21. The number of hydrogen-bond donors (Lipinski definition) is 1. The highest BCUT2D eigenvalue weighted by molar-refractivity contribution is 8.00. The summed E-state index contributed by atoms with van der Waals surface area (Å²) < 4.78 is 5.45. The third-order valence-corrected chi connectivity index (χ3v) is 3.72. The maximum absolute atomic E-state index is 5.45. The van der Waals surface area contributed by atoms with Crippen LogP contribution in [0.15, 0.2) is 12.2 Å². The van der Waals surface area contributed by atoms with Gasteiger partial charge >= 0.3 is 0 Å². The van der Waals surface area contributed by atoms with Gasteiger partial charge in [0.15, 0.2) is 0 Å². The molecule has 2 nitrogen and oxygen atoms in total. The second-order valence-corrected chi connectivity index (χ2v) is 4.40. The van der Waals surface area contributed by atoms with Crippen molar-refractivity contribution >= 4 is 11.8 Å². The minimum atomic E-state index is 0.403. The van der Waals surface area contributed by atoms with Crippen molar-refractivity contribution < 1.29 is 4.74 Å². The van der Waals surface area contributed by atoms with E-state index in [9.17, 15) is 0 Å². The van der Waals surface area contributed by atoms with Crippen molar-refractivity contribution in [1.29, 1.82) is 0 Å². The van der Waals surface area contributed by atoms with Crippen LogP contribution < -0.4 is 5.73 Å². The number of ether oxygens (including phenoxy) is 1. The molecule has 0 aliphatic carbocycles. The normalized spacial score (nSPS) is 29.2. The minimum absolute atomic E-state index is 0.403. The van der Waals surface area contributed by atoms with E-state index in [4.69, 9.17) is 10.5 Å². The van der Waals surface area contributed by atoms with Crippen LogP contribution in [0.5, 0.6) is 0 Å². The van der Waals surface area contributed by atoms with Crippen molar-refractivity contribution in [1.82, 2.24) is 0 Å². The maximum Gasteiger partial charge on any atom is 0.0666 e. The van der Waals surface area contributed by atoms with E-state index in [1.165, 1.54) is 6.42 Å². The average Bonchev–Trinajstić information content (AvgIpc) is 2.47. The minimum Gasteiger partial charge on any atom is -0.377 e. The summed E-state index contributed by atoms with van der Waals surface area (Å²) in [6, 6.07) is 0. The fraction of sp³-hybridized carbons (Fsp3) is 0.778. The number of rotatable bonds is 4. The van der Waals surface area contributed by atoms with Gasteiger partial charge in [-0.1, -0.05) is 12.2 Å². The molecule has 3 heteroatoms. The fourth-order valence-corrected chi connectivity index (χ4v) is 2.39. The van der Waals surface area contributed by atoms with E-state index < -0.39 is 0 Å². The Bertz CT molecular complexity index is 161. The van der Waals surface area contributed by atoms with E-state index in [-0.39, 0.29) is 0 Å². The standard InChI is InChI=1S/C9H17NOS/c1-7(5-10)6-12-9-3-4-11-8(9)2/h8-9H,1,3-6,10H2,2H3. The highest BCUT2D eigenvalue weighted by Crippen LogP contribution is 2.26. The van der Waals surface area contributed by atoms with Gasteiger partial charge in [0.05, 0.1) is 6.10 Å². The molecule has 0 amide bonds. The van der Waals surface area contributed by atoms with E-state index in [0.717, 1.165) is 17.9 Å². The molecule has 0 aromatic carbocycles.